The van der Waals surface area contributed by atoms with Crippen molar-refractivity contribution in [3.63, 3.8) is 0 Å². The standard InChI is InChI=1S/C30H52N2O3S/c1-4-6-7-8-9-10-11-12-13-14-15-16-17-18-22-35-25-26-23-29(36-26)27-20-19-21-32(5-2)28(27)24-31-30(33)34-3/h19-21,26,29H,4-18,22-25H2,1-3H3/p+1. The third-order valence-electron chi connectivity index (χ3n) is 7.27. The van der Waals surface area contributed by atoms with E-state index in [-0.39, 0.29) is 6.09 Å². The van der Waals surface area contributed by atoms with E-state index in [4.69, 9.17) is 9.47 Å². The molecule has 0 radical (unpaired) electrons. The number of unbranched alkanes of at least 4 members (excludes halogenated alkanes) is 13. The van der Waals surface area contributed by atoms with E-state index < -0.39 is 0 Å². The van der Waals surface area contributed by atoms with Crippen molar-refractivity contribution in [1.82, 2.24) is 5.32 Å². The molecule has 1 amide bonds. The first-order valence-corrected chi connectivity index (χ1v) is 15.7. The number of nitrogens with one attached hydrogen (secondary N) is 1. The van der Waals surface area contributed by atoms with Gasteiger partial charge in [-0.2, -0.15) is 0 Å². The largest absolute Gasteiger partial charge is 0.453 e. The number of thioether (sulfide) groups is 1. The summed E-state index contributed by atoms with van der Waals surface area (Å²) in [5.74, 6) is 0. The van der Waals surface area contributed by atoms with Crippen LogP contribution in [0.5, 0.6) is 0 Å². The molecule has 0 spiro atoms. The predicted octanol–water partition coefficient (Wildman–Crippen LogP) is 7.89. The quantitative estimate of drug-likeness (QED) is 0.132. The maximum absolute atomic E-state index is 11.6. The minimum absolute atomic E-state index is 0.386. The number of carbonyl (C=O) groups excluding carboxylic acids is 1. The Morgan fingerprint density at radius 1 is 0.972 bits per heavy atom. The van der Waals surface area contributed by atoms with Crippen molar-refractivity contribution < 1.29 is 18.8 Å². The monoisotopic (exact) mass is 521 g/mol. The first-order chi connectivity index (χ1) is 17.7. The summed E-state index contributed by atoms with van der Waals surface area (Å²) in [6.07, 6.45) is 22.3. The van der Waals surface area contributed by atoms with Crippen molar-refractivity contribution in [2.45, 2.75) is 134 Å². The summed E-state index contributed by atoms with van der Waals surface area (Å²) in [6, 6.07) is 4.31. The minimum atomic E-state index is -0.386. The first-order valence-electron chi connectivity index (χ1n) is 14.8. The van der Waals surface area contributed by atoms with Gasteiger partial charge in [-0.25, -0.2) is 9.36 Å². The number of ether oxygens (including phenoxy) is 2. The first kappa shape index (κ1) is 31.0. The molecule has 6 heteroatoms. The highest BCUT2D eigenvalue weighted by molar-refractivity contribution is 8.01. The van der Waals surface area contributed by atoms with Crippen molar-refractivity contribution in [2.24, 2.45) is 0 Å². The van der Waals surface area contributed by atoms with Gasteiger partial charge in [0.25, 0.3) is 0 Å². The van der Waals surface area contributed by atoms with Gasteiger partial charge < -0.3 is 14.8 Å². The normalized spacial score (nSPS) is 17.1. The van der Waals surface area contributed by atoms with Gasteiger partial charge in [-0.05, 0) is 25.8 Å². The average Bonchev–Trinajstić information content (AvgIpc) is 2.87. The van der Waals surface area contributed by atoms with Crippen LogP contribution in [0.1, 0.15) is 127 Å². The van der Waals surface area contributed by atoms with Crippen LogP contribution in [0.2, 0.25) is 0 Å². The summed E-state index contributed by atoms with van der Waals surface area (Å²) in [5, 5.41) is 3.91. The zero-order valence-electron chi connectivity index (χ0n) is 23.4. The van der Waals surface area contributed by atoms with Crippen LogP contribution < -0.4 is 9.88 Å². The van der Waals surface area contributed by atoms with E-state index in [2.05, 4.69) is 42.1 Å². The van der Waals surface area contributed by atoms with E-state index in [0.29, 0.717) is 17.0 Å². The summed E-state index contributed by atoms with van der Waals surface area (Å²) in [5.41, 5.74) is 2.49. The second-order valence-corrected chi connectivity index (χ2v) is 11.7. The number of nitrogens with zero attached hydrogens (tertiary/aromatic N) is 1. The smallest absolute Gasteiger partial charge is 0.407 e. The SMILES string of the molecule is CCCCCCCCCCCCCCCCOCC1CC(c2ccc[n+](CC)c2CNC(=O)OC)S1. The third kappa shape index (κ3) is 12.3. The molecule has 0 bridgehead atoms. The van der Waals surface area contributed by atoms with Crippen LogP contribution in [0.25, 0.3) is 0 Å². The fraction of sp³-hybridized carbons (Fsp3) is 0.800. The number of aryl methyl sites for hydroxylation is 1. The summed E-state index contributed by atoms with van der Waals surface area (Å²) in [6.45, 7) is 7.55. The zero-order chi connectivity index (χ0) is 25.8. The van der Waals surface area contributed by atoms with Gasteiger partial charge in [0.15, 0.2) is 6.20 Å². The highest BCUT2D eigenvalue weighted by atomic mass is 32.2. The molecule has 1 aromatic heterocycles. The van der Waals surface area contributed by atoms with Gasteiger partial charge in [-0.1, -0.05) is 90.4 Å². The van der Waals surface area contributed by atoms with Gasteiger partial charge in [0.05, 0.1) is 13.7 Å². The van der Waals surface area contributed by atoms with Crippen molar-refractivity contribution in [3.05, 3.63) is 29.6 Å². The third-order valence-corrected chi connectivity index (χ3v) is 8.76. The van der Waals surface area contributed by atoms with E-state index >= 15 is 0 Å². The van der Waals surface area contributed by atoms with Gasteiger partial charge in [0.1, 0.15) is 13.1 Å². The molecule has 1 fully saturated rings. The second kappa shape index (κ2) is 19.8. The van der Waals surface area contributed by atoms with Crippen LogP contribution in [0, 0.1) is 0 Å². The number of rotatable bonds is 21. The van der Waals surface area contributed by atoms with E-state index in [0.717, 1.165) is 26.2 Å². The molecular weight excluding hydrogens is 468 g/mol. The van der Waals surface area contributed by atoms with Crippen molar-refractivity contribution >= 4 is 17.9 Å². The lowest BCUT2D eigenvalue weighted by atomic mass is 10.0. The Bertz CT molecular complexity index is 709. The van der Waals surface area contributed by atoms with Crippen LogP contribution in [0.3, 0.4) is 0 Å². The lowest BCUT2D eigenvalue weighted by molar-refractivity contribution is -0.701. The Labute approximate surface area is 225 Å². The molecule has 1 saturated heterocycles. The Morgan fingerprint density at radius 3 is 2.11 bits per heavy atom. The summed E-state index contributed by atoms with van der Waals surface area (Å²) < 4.78 is 13.0. The molecule has 5 nitrogen and oxygen atoms in total. The van der Waals surface area contributed by atoms with E-state index in [1.54, 1.807) is 0 Å². The van der Waals surface area contributed by atoms with Crippen LogP contribution in [0.4, 0.5) is 4.79 Å². The lowest BCUT2D eigenvalue weighted by Crippen LogP contribution is -2.42. The van der Waals surface area contributed by atoms with E-state index in [9.17, 15) is 4.79 Å². The van der Waals surface area contributed by atoms with E-state index in [1.807, 2.05) is 11.8 Å². The molecule has 1 aliphatic heterocycles. The number of aromatic nitrogens is 1. The van der Waals surface area contributed by atoms with Crippen LogP contribution in [-0.2, 0) is 22.6 Å². The van der Waals surface area contributed by atoms with Gasteiger partial charge >= 0.3 is 6.09 Å². The Hall–Kier alpha value is -1.27. The summed E-state index contributed by atoms with van der Waals surface area (Å²) in [4.78, 5) is 11.6. The molecule has 2 rings (SSSR count). The molecule has 0 aliphatic carbocycles. The van der Waals surface area contributed by atoms with Crippen molar-refractivity contribution in [1.29, 1.82) is 0 Å². The molecule has 2 unspecified atom stereocenters. The predicted molar refractivity (Wildman–Crippen MR) is 151 cm³/mol. The highest BCUT2D eigenvalue weighted by Crippen LogP contribution is 2.49. The number of carbonyl (C=O) groups is 1. The van der Waals surface area contributed by atoms with Crippen LogP contribution >= 0.6 is 11.8 Å². The van der Waals surface area contributed by atoms with Gasteiger partial charge in [-0.3, -0.25) is 0 Å². The average molecular weight is 522 g/mol. The zero-order valence-corrected chi connectivity index (χ0v) is 24.2. The van der Waals surface area contributed by atoms with Gasteiger partial charge in [0, 0.05) is 28.7 Å². The number of alkyl carbamates (subject to hydrolysis) is 1. The van der Waals surface area contributed by atoms with Crippen LogP contribution in [0.15, 0.2) is 18.3 Å². The van der Waals surface area contributed by atoms with Crippen LogP contribution in [-0.4, -0.2) is 31.7 Å². The topological polar surface area (TPSA) is 51.4 Å². The van der Waals surface area contributed by atoms with Gasteiger partial charge in [-0.15, -0.1) is 11.8 Å². The highest BCUT2D eigenvalue weighted by Gasteiger charge is 2.35. The molecule has 0 saturated carbocycles. The molecule has 2 heterocycles. The summed E-state index contributed by atoms with van der Waals surface area (Å²) in [7, 11) is 1.40. The molecule has 1 aromatic rings. The fourth-order valence-corrected chi connectivity index (χ4v) is 6.29. The molecule has 36 heavy (non-hydrogen) atoms. The van der Waals surface area contributed by atoms with E-state index in [1.165, 1.54) is 108 Å². The Morgan fingerprint density at radius 2 is 1.56 bits per heavy atom. The number of amides is 1. The second-order valence-electron chi connectivity index (χ2n) is 10.2. The molecule has 2 atom stereocenters. The Balaban J connectivity index is 1.46. The molecule has 1 aliphatic rings. The number of pyridine rings is 1. The number of hydrogen-bond donors (Lipinski definition) is 1. The lowest BCUT2D eigenvalue weighted by Gasteiger charge is -2.35. The Kier molecular flexibility index (Phi) is 17.0. The maximum atomic E-state index is 11.6. The van der Waals surface area contributed by atoms with Crippen molar-refractivity contribution in [2.75, 3.05) is 20.3 Å². The molecular formula is C30H53N2O3S+. The summed E-state index contributed by atoms with van der Waals surface area (Å²) >= 11 is 2.01. The maximum Gasteiger partial charge on any atom is 0.407 e. The fourth-order valence-electron chi connectivity index (χ4n) is 5.00. The minimum Gasteiger partial charge on any atom is -0.453 e. The number of methoxy groups -OCH3 is 1. The molecule has 206 valence electrons. The van der Waals surface area contributed by atoms with Gasteiger partial charge in [0.2, 0.25) is 5.69 Å². The molecule has 0 aromatic carbocycles. The molecule has 1 N–H and O–H groups in total. The van der Waals surface area contributed by atoms with Crippen molar-refractivity contribution in [3.8, 4) is 0 Å². The number of hydrogen-bond acceptors (Lipinski definition) is 4.